The highest BCUT2D eigenvalue weighted by atomic mass is 16.5. The predicted molar refractivity (Wildman–Crippen MR) is 56.8 cm³/mol. The van der Waals surface area contributed by atoms with Crippen LogP contribution in [0.3, 0.4) is 0 Å². The van der Waals surface area contributed by atoms with Gasteiger partial charge in [-0.1, -0.05) is 12.7 Å². The molecule has 0 amide bonds. The van der Waals surface area contributed by atoms with Crippen molar-refractivity contribution in [1.29, 1.82) is 0 Å². The SMILES string of the molecule is C=C/C=C(/C=O)C1=CCCC(C)(C)O1. The third-order valence-corrected chi connectivity index (χ3v) is 2.17. The lowest BCUT2D eigenvalue weighted by Crippen LogP contribution is -2.27. The molecule has 0 aromatic rings. The Labute approximate surface area is 85.0 Å². The number of hydrogen-bond donors (Lipinski definition) is 0. The highest BCUT2D eigenvalue weighted by molar-refractivity contribution is 5.79. The molecule has 0 N–H and O–H groups in total. The van der Waals surface area contributed by atoms with Crippen molar-refractivity contribution in [3.05, 3.63) is 36.1 Å². The molecule has 0 aliphatic carbocycles. The summed E-state index contributed by atoms with van der Waals surface area (Å²) in [5, 5.41) is 0. The molecular formula is C12H16O2. The minimum atomic E-state index is -0.173. The van der Waals surface area contributed by atoms with E-state index in [9.17, 15) is 4.79 Å². The fourth-order valence-electron chi connectivity index (χ4n) is 1.42. The van der Waals surface area contributed by atoms with Crippen LogP contribution in [0.1, 0.15) is 26.7 Å². The highest BCUT2D eigenvalue weighted by Gasteiger charge is 2.25. The third kappa shape index (κ3) is 2.59. The second kappa shape index (κ2) is 4.27. The van der Waals surface area contributed by atoms with Gasteiger partial charge in [0.2, 0.25) is 0 Å². The summed E-state index contributed by atoms with van der Waals surface area (Å²) in [6.45, 7) is 7.61. The van der Waals surface area contributed by atoms with E-state index in [1.165, 1.54) is 0 Å². The first-order valence-corrected chi connectivity index (χ1v) is 4.76. The summed E-state index contributed by atoms with van der Waals surface area (Å²) in [7, 11) is 0. The molecule has 0 unspecified atom stereocenters. The summed E-state index contributed by atoms with van der Waals surface area (Å²) in [4.78, 5) is 10.8. The van der Waals surface area contributed by atoms with Gasteiger partial charge in [0.1, 0.15) is 11.4 Å². The molecule has 0 bridgehead atoms. The Kier molecular flexibility index (Phi) is 3.28. The van der Waals surface area contributed by atoms with E-state index in [2.05, 4.69) is 6.58 Å². The molecule has 0 spiro atoms. The Morgan fingerprint density at radius 1 is 1.64 bits per heavy atom. The molecule has 14 heavy (non-hydrogen) atoms. The molecule has 0 aromatic heterocycles. The standard InChI is InChI=1S/C12H16O2/c1-4-6-10(9-13)11-7-5-8-12(2,3)14-11/h4,6-7,9H,1,5,8H2,2-3H3/b10-6-. The zero-order valence-corrected chi connectivity index (χ0v) is 8.75. The van der Waals surface area contributed by atoms with Crippen molar-refractivity contribution in [1.82, 2.24) is 0 Å². The van der Waals surface area contributed by atoms with Crippen LogP contribution in [0.25, 0.3) is 0 Å². The third-order valence-electron chi connectivity index (χ3n) is 2.17. The Bertz CT molecular complexity index is 295. The van der Waals surface area contributed by atoms with Crippen LogP contribution in [0, 0.1) is 0 Å². The number of rotatable bonds is 3. The maximum Gasteiger partial charge on any atom is 0.153 e. The van der Waals surface area contributed by atoms with Crippen LogP contribution >= 0.6 is 0 Å². The number of aldehydes is 1. The molecule has 2 nitrogen and oxygen atoms in total. The van der Waals surface area contributed by atoms with Crippen LogP contribution < -0.4 is 0 Å². The molecule has 1 heterocycles. The van der Waals surface area contributed by atoms with Gasteiger partial charge in [0.15, 0.2) is 6.29 Å². The molecule has 0 saturated heterocycles. The van der Waals surface area contributed by atoms with Crippen LogP contribution in [-0.4, -0.2) is 11.9 Å². The molecule has 0 atom stereocenters. The molecule has 0 fully saturated rings. The number of allylic oxidation sites excluding steroid dienone is 4. The molecular weight excluding hydrogens is 176 g/mol. The topological polar surface area (TPSA) is 26.3 Å². The van der Waals surface area contributed by atoms with Gasteiger partial charge < -0.3 is 4.74 Å². The summed E-state index contributed by atoms with van der Waals surface area (Å²) in [6.07, 6.45) is 7.95. The van der Waals surface area contributed by atoms with Crippen molar-refractivity contribution in [2.75, 3.05) is 0 Å². The second-order valence-corrected chi connectivity index (χ2v) is 3.94. The van der Waals surface area contributed by atoms with E-state index in [-0.39, 0.29) is 5.60 Å². The fraction of sp³-hybridized carbons (Fsp3) is 0.417. The molecule has 0 aromatic carbocycles. The van der Waals surface area contributed by atoms with Gasteiger partial charge in [-0.25, -0.2) is 0 Å². The molecule has 2 heteroatoms. The van der Waals surface area contributed by atoms with Crippen molar-refractivity contribution in [3.63, 3.8) is 0 Å². The van der Waals surface area contributed by atoms with Gasteiger partial charge in [-0.3, -0.25) is 4.79 Å². The van der Waals surface area contributed by atoms with Crippen LogP contribution in [0.2, 0.25) is 0 Å². The van der Waals surface area contributed by atoms with Crippen molar-refractivity contribution >= 4 is 6.29 Å². The van der Waals surface area contributed by atoms with E-state index in [0.717, 1.165) is 19.1 Å². The zero-order valence-electron chi connectivity index (χ0n) is 8.75. The maximum atomic E-state index is 10.8. The van der Waals surface area contributed by atoms with Crippen LogP contribution in [0.5, 0.6) is 0 Å². The molecule has 0 saturated carbocycles. The normalized spacial score (nSPS) is 20.7. The average molecular weight is 192 g/mol. The Morgan fingerprint density at radius 2 is 2.36 bits per heavy atom. The van der Waals surface area contributed by atoms with Gasteiger partial charge in [-0.15, -0.1) is 0 Å². The minimum absolute atomic E-state index is 0.173. The molecule has 76 valence electrons. The van der Waals surface area contributed by atoms with Gasteiger partial charge in [0.25, 0.3) is 0 Å². The smallest absolute Gasteiger partial charge is 0.153 e. The summed E-state index contributed by atoms with van der Waals surface area (Å²) in [5.74, 6) is 0.677. The van der Waals surface area contributed by atoms with E-state index in [4.69, 9.17) is 4.74 Å². The fourth-order valence-corrected chi connectivity index (χ4v) is 1.42. The van der Waals surface area contributed by atoms with Gasteiger partial charge in [-0.05, 0) is 38.8 Å². The first-order valence-electron chi connectivity index (χ1n) is 4.76. The quantitative estimate of drug-likeness (QED) is 0.390. The average Bonchev–Trinajstić information content (AvgIpc) is 2.12. The van der Waals surface area contributed by atoms with Gasteiger partial charge >= 0.3 is 0 Å². The molecule has 0 radical (unpaired) electrons. The van der Waals surface area contributed by atoms with E-state index in [0.29, 0.717) is 11.3 Å². The van der Waals surface area contributed by atoms with Crippen molar-refractivity contribution < 1.29 is 9.53 Å². The highest BCUT2D eigenvalue weighted by Crippen LogP contribution is 2.29. The first-order chi connectivity index (χ1) is 6.59. The van der Waals surface area contributed by atoms with E-state index in [1.54, 1.807) is 12.2 Å². The Morgan fingerprint density at radius 3 is 2.86 bits per heavy atom. The monoisotopic (exact) mass is 192 g/mol. The lowest BCUT2D eigenvalue weighted by atomic mass is 9.98. The van der Waals surface area contributed by atoms with Crippen molar-refractivity contribution in [3.8, 4) is 0 Å². The largest absolute Gasteiger partial charge is 0.487 e. The van der Waals surface area contributed by atoms with Crippen LogP contribution in [-0.2, 0) is 9.53 Å². The van der Waals surface area contributed by atoms with Gasteiger partial charge in [0.05, 0.1) is 5.57 Å². The predicted octanol–water partition coefficient (Wildman–Crippen LogP) is 2.77. The summed E-state index contributed by atoms with van der Waals surface area (Å²) < 4.78 is 5.69. The molecule has 1 rings (SSSR count). The number of hydrogen-bond acceptors (Lipinski definition) is 2. The zero-order chi connectivity index (χ0) is 10.6. The minimum Gasteiger partial charge on any atom is -0.487 e. The summed E-state index contributed by atoms with van der Waals surface area (Å²) >= 11 is 0. The second-order valence-electron chi connectivity index (χ2n) is 3.94. The van der Waals surface area contributed by atoms with E-state index >= 15 is 0 Å². The molecule has 1 aliphatic heterocycles. The number of carbonyl (C=O) groups excluding carboxylic acids is 1. The lowest BCUT2D eigenvalue weighted by molar-refractivity contribution is -0.105. The molecule has 1 aliphatic rings. The number of ether oxygens (including phenoxy) is 1. The van der Waals surface area contributed by atoms with Crippen LogP contribution in [0.15, 0.2) is 36.1 Å². The van der Waals surface area contributed by atoms with Crippen molar-refractivity contribution in [2.24, 2.45) is 0 Å². The lowest BCUT2D eigenvalue weighted by Gasteiger charge is -2.31. The summed E-state index contributed by atoms with van der Waals surface area (Å²) in [5.41, 5.74) is 0.389. The first kappa shape index (κ1) is 10.8. The van der Waals surface area contributed by atoms with E-state index < -0.39 is 0 Å². The summed E-state index contributed by atoms with van der Waals surface area (Å²) in [6, 6.07) is 0. The number of carbonyl (C=O) groups is 1. The maximum absolute atomic E-state index is 10.8. The van der Waals surface area contributed by atoms with Gasteiger partial charge in [-0.2, -0.15) is 0 Å². The Hall–Kier alpha value is -1.31. The van der Waals surface area contributed by atoms with Crippen LogP contribution in [0.4, 0.5) is 0 Å². The van der Waals surface area contributed by atoms with E-state index in [1.807, 2.05) is 19.9 Å². The van der Waals surface area contributed by atoms with Gasteiger partial charge in [0, 0.05) is 0 Å². The Balaban J connectivity index is 2.87. The van der Waals surface area contributed by atoms with Crippen molar-refractivity contribution in [2.45, 2.75) is 32.3 Å².